The molecule has 0 aliphatic carbocycles. The van der Waals surface area contributed by atoms with Crippen LogP contribution in [0.25, 0.3) is 10.2 Å². The lowest BCUT2D eigenvalue weighted by atomic mass is 10.0. The number of thioether (sulfide) groups is 1. The van der Waals surface area contributed by atoms with Crippen LogP contribution in [0.3, 0.4) is 0 Å². The third-order valence-corrected chi connectivity index (χ3v) is 6.69. The van der Waals surface area contributed by atoms with E-state index in [1.165, 1.54) is 23.1 Å². The van der Waals surface area contributed by atoms with Crippen LogP contribution in [0.4, 0.5) is 0 Å². The Bertz CT molecular complexity index is 890. The van der Waals surface area contributed by atoms with Gasteiger partial charge in [-0.25, -0.2) is 4.98 Å². The number of nitrogens with one attached hydrogen (secondary N) is 2. The van der Waals surface area contributed by atoms with Crippen molar-refractivity contribution in [2.24, 2.45) is 5.92 Å². The van der Waals surface area contributed by atoms with E-state index in [1.54, 1.807) is 20.8 Å². The highest BCUT2D eigenvalue weighted by atomic mass is 32.2. The van der Waals surface area contributed by atoms with Crippen molar-refractivity contribution in [3.63, 3.8) is 0 Å². The van der Waals surface area contributed by atoms with E-state index in [9.17, 15) is 14.4 Å². The summed E-state index contributed by atoms with van der Waals surface area (Å²) in [6, 6.07) is -0.464. The maximum atomic E-state index is 12.3. The number of carbonyl (C=O) groups is 2. The molecule has 0 saturated heterocycles. The molecule has 0 aromatic carbocycles. The fraction of sp³-hybridized carbons (Fsp3) is 0.529. The third kappa shape index (κ3) is 4.45. The van der Waals surface area contributed by atoms with E-state index in [1.807, 2.05) is 13.8 Å². The second kappa shape index (κ2) is 8.22. The van der Waals surface area contributed by atoms with Crippen LogP contribution in [0.15, 0.2) is 4.79 Å². The van der Waals surface area contributed by atoms with Gasteiger partial charge in [0.25, 0.3) is 5.56 Å². The predicted octanol–water partition coefficient (Wildman–Crippen LogP) is 2.45. The van der Waals surface area contributed by atoms with E-state index >= 15 is 0 Å². The third-order valence-electron chi connectivity index (χ3n) is 4.44. The van der Waals surface area contributed by atoms with Crippen LogP contribution in [-0.4, -0.2) is 38.2 Å². The summed E-state index contributed by atoms with van der Waals surface area (Å²) in [6.07, 6.45) is 0. The lowest BCUT2D eigenvalue weighted by Gasteiger charge is -2.20. The Labute approximate surface area is 159 Å². The molecule has 0 spiro atoms. The van der Waals surface area contributed by atoms with E-state index in [2.05, 4.69) is 15.3 Å². The van der Waals surface area contributed by atoms with Crippen molar-refractivity contribution in [2.75, 3.05) is 0 Å². The van der Waals surface area contributed by atoms with Crippen LogP contribution >= 0.6 is 23.1 Å². The van der Waals surface area contributed by atoms with Gasteiger partial charge in [0, 0.05) is 10.9 Å². The maximum Gasteiger partial charge on any atom is 0.308 e. The van der Waals surface area contributed by atoms with Crippen molar-refractivity contribution < 1.29 is 14.7 Å². The first-order valence-electron chi connectivity index (χ1n) is 8.25. The first-order chi connectivity index (χ1) is 12.1. The number of rotatable bonds is 7. The van der Waals surface area contributed by atoms with Crippen molar-refractivity contribution >= 4 is 45.2 Å². The molecular weight excluding hydrogens is 374 g/mol. The van der Waals surface area contributed by atoms with Gasteiger partial charge < -0.3 is 15.4 Å². The minimum absolute atomic E-state index is 0.159. The highest BCUT2D eigenvalue weighted by Gasteiger charge is 2.23. The van der Waals surface area contributed by atoms with Crippen molar-refractivity contribution in [1.29, 1.82) is 0 Å². The Hall–Kier alpha value is -1.87. The predicted molar refractivity (Wildman–Crippen MR) is 105 cm³/mol. The molecule has 2 aromatic rings. The van der Waals surface area contributed by atoms with Crippen molar-refractivity contribution in [2.45, 2.75) is 51.7 Å². The zero-order chi connectivity index (χ0) is 19.6. The van der Waals surface area contributed by atoms with Gasteiger partial charge in [-0.2, -0.15) is 0 Å². The number of aromatic nitrogens is 2. The molecule has 0 saturated carbocycles. The quantitative estimate of drug-likeness (QED) is 0.662. The van der Waals surface area contributed by atoms with E-state index in [0.717, 1.165) is 10.4 Å². The lowest BCUT2D eigenvalue weighted by Crippen LogP contribution is -2.43. The summed E-state index contributed by atoms with van der Waals surface area (Å²) < 4.78 is 0. The molecule has 3 N–H and O–H groups in total. The first kappa shape index (κ1) is 20.4. The summed E-state index contributed by atoms with van der Waals surface area (Å²) in [5.74, 6) is -0.933. The summed E-state index contributed by atoms with van der Waals surface area (Å²) in [6.45, 7) is 8.84. The molecule has 1 amide bonds. The monoisotopic (exact) mass is 397 g/mol. The fourth-order valence-corrected chi connectivity index (χ4v) is 4.14. The Morgan fingerprint density at radius 2 is 1.96 bits per heavy atom. The van der Waals surface area contributed by atoms with Gasteiger partial charge in [-0.15, -0.1) is 23.1 Å². The SMILES string of the molecule is Cc1sc2nc(CSC(C)C(=O)NC(C)C(C)C(=O)O)[nH]c(=O)c2c1C. The molecule has 0 fully saturated rings. The van der Waals surface area contributed by atoms with Gasteiger partial charge in [-0.1, -0.05) is 0 Å². The average molecular weight is 398 g/mol. The minimum Gasteiger partial charge on any atom is -0.481 e. The van der Waals surface area contributed by atoms with E-state index < -0.39 is 23.2 Å². The van der Waals surface area contributed by atoms with Crippen molar-refractivity contribution in [1.82, 2.24) is 15.3 Å². The highest BCUT2D eigenvalue weighted by Crippen LogP contribution is 2.26. The summed E-state index contributed by atoms with van der Waals surface area (Å²) in [4.78, 5) is 44.5. The van der Waals surface area contributed by atoms with Gasteiger partial charge in [-0.3, -0.25) is 14.4 Å². The molecule has 0 aliphatic rings. The summed E-state index contributed by atoms with van der Waals surface area (Å²) in [5.41, 5.74) is 0.792. The van der Waals surface area contributed by atoms with E-state index in [-0.39, 0.29) is 11.5 Å². The number of H-pyrrole nitrogens is 1. The Balaban J connectivity index is 2.02. The normalized spacial score (nSPS) is 14.8. The number of carboxylic acids is 1. The first-order valence-corrected chi connectivity index (χ1v) is 10.1. The second-order valence-corrected chi connectivity index (χ2v) is 8.89. The van der Waals surface area contributed by atoms with Crippen LogP contribution in [0.1, 0.15) is 37.0 Å². The van der Waals surface area contributed by atoms with E-state index in [0.29, 0.717) is 21.8 Å². The molecule has 26 heavy (non-hydrogen) atoms. The maximum absolute atomic E-state index is 12.3. The fourth-order valence-electron chi connectivity index (χ4n) is 2.33. The second-order valence-electron chi connectivity index (χ2n) is 6.35. The number of hydrogen-bond acceptors (Lipinski definition) is 6. The molecule has 142 valence electrons. The number of nitrogens with zero attached hydrogens (tertiary/aromatic N) is 1. The largest absolute Gasteiger partial charge is 0.481 e. The Kier molecular flexibility index (Phi) is 6.46. The molecule has 2 heterocycles. The summed E-state index contributed by atoms with van der Waals surface area (Å²) in [5, 5.41) is 11.9. The zero-order valence-corrected chi connectivity index (χ0v) is 17.0. The highest BCUT2D eigenvalue weighted by molar-refractivity contribution is 7.99. The van der Waals surface area contributed by atoms with Gasteiger partial charge >= 0.3 is 5.97 Å². The van der Waals surface area contributed by atoms with Crippen LogP contribution in [0, 0.1) is 19.8 Å². The van der Waals surface area contributed by atoms with Gasteiger partial charge in [0.1, 0.15) is 10.7 Å². The van der Waals surface area contributed by atoms with E-state index in [4.69, 9.17) is 5.11 Å². The van der Waals surface area contributed by atoms with Crippen LogP contribution < -0.4 is 10.9 Å². The lowest BCUT2D eigenvalue weighted by molar-refractivity contribution is -0.142. The number of carbonyl (C=O) groups excluding carboxylic acids is 1. The zero-order valence-electron chi connectivity index (χ0n) is 15.4. The number of aliphatic carboxylic acids is 1. The Morgan fingerprint density at radius 1 is 1.31 bits per heavy atom. The van der Waals surface area contributed by atoms with Crippen LogP contribution in [0.2, 0.25) is 0 Å². The summed E-state index contributed by atoms with van der Waals surface area (Å²) in [7, 11) is 0. The standard InChI is InChI=1S/C17H23N3O4S2/c1-7(17(23)24)9(3)18-14(21)11(5)25-6-12-19-15(22)13-8(2)10(4)26-16(13)20-12/h7,9,11H,6H2,1-5H3,(H,18,21)(H,23,24)(H,19,20,22). The molecular formula is C17H23N3O4S2. The molecule has 0 radical (unpaired) electrons. The average Bonchev–Trinajstić information content (AvgIpc) is 2.86. The Morgan fingerprint density at radius 3 is 2.58 bits per heavy atom. The molecule has 2 aromatic heterocycles. The van der Waals surface area contributed by atoms with Gasteiger partial charge in [0.2, 0.25) is 5.91 Å². The minimum atomic E-state index is -0.949. The number of amides is 1. The van der Waals surface area contributed by atoms with Crippen molar-refractivity contribution in [3.8, 4) is 0 Å². The molecule has 7 nitrogen and oxygen atoms in total. The topological polar surface area (TPSA) is 112 Å². The number of hydrogen-bond donors (Lipinski definition) is 3. The molecule has 3 atom stereocenters. The number of fused-ring (bicyclic) bond motifs is 1. The molecule has 3 unspecified atom stereocenters. The number of aromatic amines is 1. The summed E-state index contributed by atoms with van der Waals surface area (Å²) >= 11 is 2.83. The number of aryl methyl sites for hydroxylation is 2. The smallest absolute Gasteiger partial charge is 0.308 e. The molecule has 2 rings (SSSR count). The van der Waals surface area contributed by atoms with Crippen molar-refractivity contribution in [3.05, 3.63) is 26.6 Å². The molecule has 0 aliphatic heterocycles. The van der Waals surface area contributed by atoms with Gasteiger partial charge in [0.15, 0.2) is 0 Å². The molecule has 0 bridgehead atoms. The molecule has 9 heteroatoms. The number of thiophene rings is 1. The van der Waals surface area contributed by atoms with Gasteiger partial charge in [0.05, 0.1) is 22.3 Å². The van der Waals surface area contributed by atoms with Gasteiger partial charge in [-0.05, 0) is 40.2 Å². The number of carboxylic acid groups (broad SMARTS) is 1. The van der Waals surface area contributed by atoms with Crippen LogP contribution in [0.5, 0.6) is 0 Å². The van der Waals surface area contributed by atoms with Crippen LogP contribution in [-0.2, 0) is 15.3 Å².